The summed E-state index contributed by atoms with van der Waals surface area (Å²) in [6, 6.07) is 8.14. The van der Waals surface area contributed by atoms with Gasteiger partial charge in [0.05, 0.1) is 12.5 Å². The van der Waals surface area contributed by atoms with Gasteiger partial charge in [-0.2, -0.15) is 0 Å². The first kappa shape index (κ1) is 15.4. The minimum Gasteiger partial charge on any atom is -0.409 e. The van der Waals surface area contributed by atoms with Crippen molar-refractivity contribution < 1.29 is 10.0 Å². The molecule has 0 aromatic heterocycles. The van der Waals surface area contributed by atoms with Crippen molar-refractivity contribution in [3.8, 4) is 0 Å². The van der Waals surface area contributed by atoms with E-state index in [4.69, 9.17) is 10.9 Å². The second kappa shape index (κ2) is 6.61. The van der Waals surface area contributed by atoms with Gasteiger partial charge in [0.2, 0.25) is 5.91 Å². The maximum atomic E-state index is 12.9. The quantitative estimate of drug-likeness (QED) is 0.385. The van der Waals surface area contributed by atoms with Gasteiger partial charge in [-0.3, -0.25) is 4.79 Å². The van der Waals surface area contributed by atoms with E-state index in [2.05, 4.69) is 11.2 Å². The van der Waals surface area contributed by atoms with Crippen molar-refractivity contribution in [3.63, 3.8) is 0 Å². The summed E-state index contributed by atoms with van der Waals surface area (Å²) in [4.78, 5) is 14.6. The second-order valence-electron chi connectivity index (χ2n) is 5.79. The zero-order chi connectivity index (χ0) is 15.4. The van der Waals surface area contributed by atoms with Crippen molar-refractivity contribution in [2.75, 3.05) is 6.54 Å². The molecule has 1 aliphatic rings. The van der Waals surface area contributed by atoms with Gasteiger partial charge in [-0.25, -0.2) is 0 Å². The molecule has 1 unspecified atom stereocenters. The molecule has 0 bridgehead atoms. The van der Waals surface area contributed by atoms with Crippen LogP contribution >= 0.6 is 0 Å². The van der Waals surface area contributed by atoms with Gasteiger partial charge in [0.15, 0.2) is 5.84 Å². The minimum atomic E-state index is -0.121. The Morgan fingerprint density at radius 1 is 1.48 bits per heavy atom. The van der Waals surface area contributed by atoms with Gasteiger partial charge >= 0.3 is 0 Å². The van der Waals surface area contributed by atoms with Crippen molar-refractivity contribution >= 4 is 11.7 Å². The number of amidine groups is 1. The SMILES string of the molecule is CC(C)N(CC(N)=NO)C(=O)C1CCCc2ccccc21. The summed E-state index contributed by atoms with van der Waals surface area (Å²) < 4.78 is 0. The first-order valence-electron chi connectivity index (χ1n) is 7.39. The van der Waals surface area contributed by atoms with Crippen LogP contribution in [0.5, 0.6) is 0 Å². The fourth-order valence-electron chi connectivity index (χ4n) is 2.93. The van der Waals surface area contributed by atoms with Crippen LogP contribution in [-0.4, -0.2) is 34.4 Å². The first-order chi connectivity index (χ1) is 10.0. The zero-order valence-corrected chi connectivity index (χ0v) is 12.6. The predicted molar refractivity (Wildman–Crippen MR) is 82.4 cm³/mol. The number of oxime groups is 1. The van der Waals surface area contributed by atoms with Crippen LogP contribution in [0.4, 0.5) is 0 Å². The molecule has 0 radical (unpaired) electrons. The lowest BCUT2D eigenvalue weighted by Gasteiger charge is -2.33. The number of hydrogen-bond donors (Lipinski definition) is 2. The van der Waals surface area contributed by atoms with Gasteiger partial charge in [-0.05, 0) is 44.2 Å². The molecule has 0 heterocycles. The van der Waals surface area contributed by atoms with Gasteiger partial charge in [0.1, 0.15) is 0 Å². The standard InChI is InChI=1S/C16H23N3O2/c1-11(2)19(10-15(17)18-21)16(20)14-9-5-7-12-6-3-4-8-13(12)14/h3-4,6,8,11,14,21H,5,7,9-10H2,1-2H3,(H2,17,18). The van der Waals surface area contributed by atoms with Crippen molar-refractivity contribution in [2.45, 2.75) is 45.1 Å². The van der Waals surface area contributed by atoms with Gasteiger partial charge in [0, 0.05) is 6.04 Å². The third-order valence-corrected chi connectivity index (χ3v) is 4.03. The topological polar surface area (TPSA) is 78.9 Å². The smallest absolute Gasteiger partial charge is 0.230 e. The van der Waals surface area contributed by atoms with Crippen LogP contribution < -0.4 is 5.73 Å². The summed E-state index contributed by atoms with van der Waals surface area (Å²) in [7, 11) is 0. The van der Waals surface area contributed by atoms with Crippen LogP contribution in [0.2, 0.25) is 0 Å². The summed E-state index contributed by atoms with van der Waals surface area (Å²) in [5, 5.41) is 11.7. The fraction of sp³-hybridized carbons (Fsp3) is 0.500. The van der Waals surface area contributed by atoms with E-state index in [0.717, 1.165) is 24.8 Å². The summed E-state index contributed by atoms with van der Waals surface area (Å²) in [5.74, 6) is -0.00580. The largest absolute Gasteiger partial charge is 0.409 e. The highest BCUT2D eigenvalue weighted by Gasteiger charge is 2.31. The minimum absolute atomic E-state index is 0.00638. The Hall–Kier alpha value is -2.04. The maximum absolute atomic E-state index is 12.9. The molecule has 1 aliphatic carbocycles. The van der Waals surface area contributed by atoms with Crippen LogP contribution in [-0.2, 0) is 11.2 Å². The Kier molecular flexibility index (Phi) is 4.83. The molecular formula is C16H23N3O2. The molecule has 0 aliphatic heterocycles. The number of nitrogens with two attached hydrogens (primary N) is 1. The molecule has 21 heavy (non-hydrogen) atoms. The van der Waals surface area contributed by atoms with E-state index >= 15 is 0 Å². The van der Waals surface area contributed by atoms with E-state index in [9.17, 15) is 4.79 Å². The lowest BCUT2D eigenvalue weighted by molar-refractivity contribution is -0.134. The maximum Gasteiger partial charge on any atom is 0.230 e. The van der Waals surface area contributed by atoms with E-state index in [1.54, 1.807) is 4.90 Å². The molecule has 1 atom stereocenters. The van der Waals surface area contributed by atoms with E-state index in [-0.39, 0.29) is 30.2 Å². The van der Waals surface area contributed by atoms with E-state index in [1.807, 2.05) is 32.0 Å². The summed E-state index contributed by atoms with van der Waals surface area (Å²) in [6.07, 6.45) is 2.90. The van der Waals surface area contributed by atoms with Crippen molar-refractivity contribution in [1.82, 2.24) is 4.90 Å². The Bertz CT molecular complexity index is 540. The number of carbonyl (C=O) groups is 1. The van der Waals surface area contributed by atoms with Gasteiger partial charge in [0.25, 0.3) is 0 Å². The van der Waals surface area contributed by atoms with E-state index < -0.39 is 0 Å². The van der Waals surface area contributed by atoms with E-state index in [0.29, 0.717) is 0 Å². The molecule has 5 nitrogen and oxygen atoms in total. The Morgan fingerprint density at radius 2 is 2.19 bits per heavy atom. The van der Waals surface area contributed by atoms with Crippen LogP contribution in [0, 0.1) is 0 Å². The van der Waals surface area contributed by atoms with Crippen LogP contribution in [0.25, 0.3) is 0 Å². The fourth-order valence-corrected chi connectivity index (χ4v) is 2.93. The number of benzene rings is 1. The number of amides is 1. The third kappa shape index (κ3) is 3.35. The highest BCUT2D eigenvalue weighted by atomic mass is 16.4. The molecule has 3 N–H and O–H groups in total. The van der Waals surface area contributed by atoms with Gasteiger partial charge < -0.3 is 15.8 Å². The normalized spacial score (nSPS) is 18.4. The highest BCUT2D eigenvalue weighted by molar-refractivity contribution is 5.90. The predicted octanol–water partition coefficient (Wildman–Crippen LogP) is 2.09. The monoisotopic (exact) mass is 289 g/mol. The lowest BCUT2D eigenvalue weighted by Crippen LogP contribution is -2.45. The summed E-state index contributed by atoms with van der Waals surface area (Å²) in [5.41, 5.74) is 7.96. The molecule has 2 rings (SSSR count). The molecule has 114 valence electrons. The molecular weight excluding hydrogens is 266 g/mol. The van der Waals surface area contributed by atoms with Crippen molar-refractivity contribution in [3.05, 3.63) is 35.4 Å². The number of aryl methyl sites for hydroxylation is 1. The highest BCUT2D eigenvalue weighted by Crippen LogP contribution is 2.33. The Labute approximate surface area is 125 Å². The Morgan fingerprint density at radius 3 is 2.86 bits per heavy atom. The zero-order valence-electron chi connectivity index (χ0n) is 12.6. The lowest BCUT2D eigenvalue weighted by atomic mass is 9.82. The number of nitrogens with zero attached hydrogens (tertiary/aromatic N) is 2. The average Bonchev–Trinajstić information content (AvgIpc) is 2.50. The molecule has 0 saturated heterocycles. The molecule has 5 heteroatoms. The summed E-state index contributed by atoms with van der Waals surface area (Å²) >= 11 is 0. The van der Waals surface area contributed by atoms with Crippen molar-refractivity contribution in [2.24, 2.45) is 10.9 Å². The average molecular weight is 289 g/mol. The van der Waals surface area contributed by atoms with Crippen LogP contribution in [0.1, 0.15) is 43.7 Å². The number of carbonyl (C=O) groups excluding carboxylic acids is 1. The third-order valence-electron chi connectivity index (χ3n) is 4.03. The number of hydrogen-bond acceptors (Lipinski definition) is 3. The molecule has 0 fully saturated rings. The number of fused-ring (bicyclic) bond motifs is 1. The Balaban J connectivity index is 2.26. The van der Waals surface area contributed by atoms with E-state index in [1.165, 1.54) is 5.56 Å². The second-order valence-corrected chi connectivity index (χ2v) is 5.79. The number of rotatable bonds is 4. The van der Waals surface area contributed by atoms with Crippen LogP contribution in [0.3, 0.4) is 0 Å². The molecule has 0 saturated carbocycles. The molecule has 1 amide bonds. The molecule has 1 aromatic rings. The van der Waals surface area contributed by atoms with Gasteiger partial charge in [-0.15, -0.1) is 0 Å². The summed E-state index contributed by atoms with van der Waals surface area (Å²) in [6.45, 7) is 4.04. The first-order valence-corrected chi connectivity index (χ1v) is 7.39. The molecule has 1 aromatic carbocycles. The van der Waals surface area contributed by atoms with Crippen molar-refractivity contribution in [1.29, 1.82) is 0 Å². The molecule has 0 spiro atoms. The van der Waals surface area contributed by atoms with Gasteiger partial charge in [-0.1, -0.05) is 29.4 Å². The van der Waals surface area contributed by atoms with Crippen LogP contribution in [0.15, 0.2) is 29.4 Å².